The van der Waals surface area contributed by atoms with Gasteiger partial charge in [-0.1, -0.05) is 0 Å². The highest BCUT2D eigenvalue weighted by Gasteiger charge is 2.23. The lowest BCUT2D eigenvalue weighted by molar-refractivity contribution is -0.257. The molecular formula is C14H11N2O3-. The van der Waals surface area contributed by atoms with Crippen molar-refractivity contribution in [2.45, 2.75) is 13.0 Å². The molecule has 1 aliphatic heterocycles. The summed E-state index contributed by atoms with van der Waals surface area (Å²) in [6.07, 6.45) is 0.704. The fraction of sp³-hybridized carbons (Fsp3) is 0.286. The normalized spacial score (nSPS) is 15.2. The highest BCUT2D eigenvalue weighted by Crippen LogP contribution is 2.33. The van der Waals surface area contributed by atoms with Gasteiger partial charge >= 0.3 is 0 Å². The van der Waals surface area contributed by atoms with Crippen LogP contribution in [0.5, 0.6) is 0 Å². The fourth-order valence-electron chi connectivity index (χ4n) is 2.66. The Bertz CT molecular complexity index is 724. The van der Waals surface area contributed by atoms with Crippen LogP contribution in [0.1, 0.15) is 27.2 Å². The minimum atomic E-state index is -1.31. The van der Waals surface area contributed by atoms with Gasteiger partial charge in [0.25, 0.3) is 0 Å². The number of hydrogen-bond donors (Lipinski definition) is 0. The van der Waals surface area contributed by atoms with Crippen molar-refractivity contribution >= 4 is 16.9 Å². The quantitative estimate of drug-likeness (QED) is 0.747. The lowest BCUT2D eigenvalue weighted by Crippen LogP contribution is -2.25. The Kier molecular flexibility index (Phi) is 2.54. The zero-order valence-corrected chi connectivity index (χ0v) is 10.4. The van der Waals surface area contributed by atoms with Crippen LogP contribution in [-0.4, -0.2) is 24.5 Å². The number of benzene rings is 1. The van der Waals surface area contributed by atoms with E-state index in [1.165, 1.54) is 0 Å². The first-order valence-electron chi connectivity index (χ1n) is 5.99. The Labute approximate surface area is 109 Å². The molecule has 5 heteroatoms. The van der Waals surface area contributed by atoms with E-state index in [1.807, 2.05) is 11.9 Å². The molecule has 0 saturated carbocycles. The van der Waals surface area contributed by atoms with E-state index in [0.717, 1.165) is 17.5 Å². The van der Waals surface area contributed by atoms with Gasteiger partial charge in [-0.25, -0.2) is 0 Å². The van der Waals surface area contributed by atoms with Gasteiger partial charge in [0.05, 0.1) is 11.6 Å². The van der Waals surface area contributed by atoms with Crippen LogP contribution in [0.2, 0.25) is 0 Å². The minimum Gasteiger partial charge on any atom is -0.542 e. The number of nitrogens with zero attached hydrogens (tertiary/aromatic N) is 2. The third-order valence-electron chi connectivity index (χ3n) is 3.54. The van der Waals surface area contributed by atoms with Crippen LogP contribution in [0.4, 0.5) is 0 Å². The number of furan rings is 1. The van der Waals surface area contributed by atoms with Crippen LogP contribution in [0.15, 0.2) is 16.5 Å². The molecule has 0 radical (unpaired) electrons. The minimum absolute atomic E-state index is 0.125. The van der Waals surface area contributed by atoms with Gasteiger partial charge in [0.1, 0.15) is 11.6 Å². The van der Waals surface area contributed by atoms with Gasteiger partial charge in [0.2, 0.25) is 0 Å². The molecule has 2 heterocycles. The summed E-state index contributed by atoms with van der Waals surface area (Å²) in [5.41, 5.74) is 2.57. The largest absolute Gasteiger partial charge is 0.542 e. The van der Waals surface area contributed by atoms with E-state index in [4.69, 9.17) is 4.42 Å². The van der Waals surface area contributed by atoms with E-state index >= 15 is 0 Å². The van der Waals surface area contributed by atoms with Gasteiger partial charge in [0.15, 0.2) is 5.76 Å². The van der Waals surface area contributed by atoms with Crippen molar-refractivity contribution in [1.82, 2.24) is 4.90 Å². The maximum absolute atomic E-state index is 11.2. The van der Waals surface area contributed by atoms with Gasteiger partial charge < -0.3 is 19.2 Å². The summed E-state index contributed by atoms with van der Waals surface area (Å²) in [7, 11) is 1.91. The Morgan fingerprint density at radius 1 is 1.47 bits per heavy atom. The Morgan fingerprint density at radius 3 is 2.95 bits per heavy atom. The molecule has 0 amide bonds. The van der Waals surface area contributed by atoms with Gasteiger partial charge in [-0.2, -0.15) is 5.26 Å². The monoisotopic (exact) mass is 255 g/mol. The average molecular weight is 255 g/mol. The standard InChI is InChI=1S/C14H12N2O3/c1-16-5-4-9-8(6-15)2-3-11-12(9)10(7-16)13(19-11)14(17)18/h2-3H,4-5,7H2,1H3,(H,17,18)/p-1. The maximum Gasteiger partial charge on any atom is 0.155 e. The van der Waals surface area contributed by atoms with E-state index < -0.39 is 5.97 Å². The number of carbonyl (C=O) groups excluding carboxylic acids is 1. The van der Waals surface area contributed by atoms with E-state index in [9.17, 15) is 15.2 Å². The molecule has 1 aromatic heterocycles. The number of hydrogen-bond acceptors (Lipinski definition) is 5. The average Bonchev–Trinajstić information content (AvgIpc) is 2.65. The molecule has 96 valence electrons. The lowest BCUT2D eigenvalue weighted by atomic mass is 9.99. The molecule has 0 saturated heterocycles. The molecule has 0 atom stereocenters. The van der Waals surface area contributed by atoms with Crippen molar-refractivity contribution in [1.29, 1.82) is 5.26 Å². The third kappa shape index (κ3) is 1.69. The molecule has 0 spiro atoms. The van der Waals surface area contributed by atoms with Crippen LogP contribution in [0.3, 0.4) is 0 Å². The molecule has 2 aromatic rings. The number of aromatic carboxylic acids is 1. The molecule has 0 fully saturated rings. The molecule has 19 heavy (non-hydrogen) atoms. The zero-order valence-electron chi connectivity index (χ0n) is 10.4. The summed E-state index contributed by atoms with van der Waals surface area (Å²) in [5, 5.41) is 21.1. The van der Waals surface area contributed by atoms with E-state index in [1.54, 1.807) is 12.1 Å². The van der Waals surface area contributed by atoms with Crippen LogP contribution in [0, 0.1) is 11.3 Å². The smallest absolute Gasteiger partial charge is 0.155 e. The molecule has 1 aliphatic rings. The predicted molar refractivity (Wildman–Crippen MR) is 65.3 cm³/mol. The molecule has 5 nitrogen and oxygen atoms in total. The summed E-state index contributed by atoms with van der Waals surface area (Å²) in [6, 6.07) is 5.48. The first-order chi connectivity index (χ1) is 9.11. The highest BCUT2D eigenvalue weighted by atomic mass is 16.4. The first kappa shape index (κ1) is 11.8. The number of rotatable bonds is 1. The van der Waals surface area contributed by atoms with Crippen molar-refractivity contribution in [3.8, 4) is 6.07 Å². The molecule has 3 rings (SSSR count). The zero-order chi connectivity index (χ0) is 13.6. The summed E-state index contributed by atoms with van der Waals surface area (Å²) < 4.78 is 5.38. The number of likely N-dealkylation sites (N-methyl/N-ethyl adjacent to an activating group) is 1. The highest BCUT2D eigenvalue weighted by molar-refractivity contribution is 5.96. The first-order valence-corrected chi connectivity index (χ1v) is 5.99. The molecular weight excluding hydrogens is 244 g/mol. The number of carboxylic acid groups (broad SMARTS) is 1. The van der Waals surface area contributed by atoms with Gasteiger partial charge in [-0.05, 0) is 31.2 Å². The van der Waals surface area contributed by atoms with Crippen LogP contribution in [-0.2, 0) is 13.0 Å². The van der Waals surface area contributed by atoms with E-state index in [2.05, 4.69) is 6.07 Å². The second kappa shape index (κ2) is 4.11. The number of carbonyl (C=O) groups is 1. The lowest BCUT2D eigenvalue weighted by Gasteiger charge is -2.13. The number of nitriles is 1. The van der Waals surface area contributed by atoms with Gasteiger partial charge in [-0.3, -0.25) is 0 Å². The predicted octanol–water partition coefficient (Wildman–Crippen LogP) is 0.656. The van der Waals surface area contributed by atoms with Crippen LogP contribution < -0.4 is 5.11 Å². The Morgan fingerprint density at radius 2 is 2.26 bits per heavy atom. The van der Waals surface area contributed by atoms with Crippen molar-refractivity contribution < 1.29 is 14.3 Å². The van der Waals surface area contributed by atoms with Crippen molar-refractivity contribution in [3.63, 3.8) is 0 Å². The summed E-state index contributed by atoms with van der Waals surface area (Å²) in [5.74, 6) is -1.44. The van der Waals surface area contributed by atoms with Gasteiger partial charge in [-0.15, -0.1) is 0 Å². The van der Waals surface area contributed by atoms with Crippen molar-refractivity contribution in [2.75, 3.05) is 13.6 Å². The molecule has 1 aromatic carbocycles. The summed E-state index contributed by atoms with van der Waals surface area (Å²) >= 11 is 0. The molecule has 0 bridgehead atoms. The van der Waals surface area contributed by atoms with Crippen molar-refractivity contribution in [2.24, 2.45) is 0 Å². The van der Waals surface area contributed by atoms with E-state index in [0.29, 0.717) is 29.7 Å². The molecule has 0 aliphatic carbocycles. The molecule has 0 N–H and O–H groups in total. The topological polar surface area (TPSA) is 80.3 Å². The van der Waals surface area contributed by atoms with Crippen LogP contribution in [0.25, 0.3) is 11.0 Å². The summed E-state index contributed by atoms with van der Waals surface area (Å²) in [6.45, 7) is 1.26. The van der Waals surface area contributed by atoms with Crippen molar-refractivity contribution in [3.05, 3.63) is 34.6 Å². The second-order valence-electron chi connectivity index (χ2n) is 4.76. The second-order valence-corrected chi connectivity index (χ2v) is 4.76. The number of carboxylic acids is 1. The molecule has 0 unspecified atom stereocenters. The van der Waals surface area contributed by atoms with Crippen LogP contribution >= 0.6 is 0 Å². The Hall–Kier alpha value is -2.32. The SMILES string of the molecule is CN1CCc2c(C#N)ccc3oc(C(=O)[O-])c(c23)C1. The summed E-state index contributed by atoms with van der Waals surface area (Å²) in [4.78, 5) is 13.2. The van der Waals surface area contributed by atoms with E-state index in [-0.39, 0.29) is 5.76 Å². The third-order valence-corrected chi connectivity index (χ3v) is 3.54. The maximum atomic E-state index is 11.2. The fourth-order valence-corrected chi connectivity index (χ4v) is 2.66. The Balaban J connectivity index is 2.40. The van der Waals surface area contributed by atoms with Gasteiger partial charge in [0, 0.05) is 24.0 Å².